The molecule has 0 aliphatic heterocycles. The molecule has 0 spiro atoms. The van der Waals surface area contributed by atoms with Gasteiger partial charge in [-0.05, 0) is 66.8 Å². The Morgan fingerprint density at radius 2 is 1.41 bits per heavy atom. The minimum Gasteiger partial charge on any atom is -0.508 e. The van der Waals surface area contributed by atoms with Crippen molar-refractivity contribution in [3.8, 4) is 22.6 Å². The number of phenols is 2. The van der Waals surface area contributed by atoms with E-state index >= 15 is 0 Å². The van der Waals surface area contributed by atoms with Crippen molar-refractivity contribution < 1.29 is 10.2 Å². The topological polar surface area (TPSA) is 40.5 Å². The molecule has 2 nitrogen and oxygen atoms in total. The molecule has 2 heteroatoms. The summed E-state index contributed by atoms with van der Waals surface area (Å²) >= 11 is 0. The standard InChI is InChI=1S/C15H16O2/c1-9-8-12(16)4-5-13(9)14-6-7-15(17)11(3)10(14)2/h4-8,16-17H,1-3H3. The molecule has 2 rings (SSSR count). The molecule has 0 bridgehead atoms. The molecule has 0 fully saturated rings. The van der Waals surface area contributed by atoms with E-state index in [9.17, 15) is 10.2 Å². The Bertz CT molecular complexity index is 571. The van der Waals surface area contributed by atoms with E-state index in [4.69, 9.17) is 0 Å². The lowest BCUT2D eigenvalue weighted by Crippen LogP contribution is -1.90. The third-order valence-electron chi connectivity index (χ3n) is 3.26. The van der Waals surface area contributed by atoms with E-state index in [1.54, 1.807) is 18.2 Å². The number of aryl methyl sites for hydroxylation is 1. The number of hydrogen-bond donors (Lipinski definition) is 2. The van der Waals surface area contributed by atoms with Gasteiger partial charge in [0.2, 0.25) is 0 Å². The maximum atomic E-state index is 9.64. The van der Waals surface area contributed by atoms with Crippen LogP contribution >= 0.6 is 0 Å². The van der Waals surface area contributed by atoms with Crippen molar-refractivity contribution in [1.29, 1.82) is 0 Å². The molecule has 0 aromatic heterocycles. The lowest BCUT2D eigenvalue weighted by atomic mass is 9.93. The van der Waals surface area contributed by atoms with Crippen molar-refractivity contribution >= 4 is 0 Å². The van der Waals surface area contributed by atoms with E-state index in [1.807, 2.05) is 32.9 Å². The van der Waals surface area contributed by atoms with Crippen LogP contribution < -0.4 is 0 Å². The van der Waals surface area contributed by atoms with Gasteiger partial charge in [0, 0.05) is 0 Å². The van der Waals surface area contributed by atoms with Crippen LogP contribution in [0, 0.1) is 20.8 Å². The van der Waals surface area contributed by atoms with Crippen LogP contribution in [0.25, 0.3) is 11.1 Å². The minimum atomic E-state index is 0.277. The van der Waals surface area contributed by atoms with Gasteiger partial charge in [0.25, 0.3) is 0 Å². The lowest BCUT2D eigenvalue weighted by molar-refractivity contribution is 0.470. The predicted octanol–water partition coefficient (Wildman–Crippen LogP) is 3.69. The van der Waals surface area contributed by atoms with E-state index in [0.717, 1.165) is 27.8 Å². The zero-order valence-corrected chi connectivity index (χ0v) is 10.3. The van der Waals surface area contributed by atoms with Gasteiger partial charge in [-0.25, -0.2) is 0 Å². The Hall–Kier alpha value is -1.96. The van der Waals surface area contributed by atoms with Gasteiger partial charge in [-0.3, -0.25) is 0 Å². The van der Waals surface area contributed by atoms with Crippen LogP contribution in [0.2, 0.25) is 0 Å². The van der Waals surface area contributed by atoms with Gasteiger partial charge in [0.1, 0.15) is 11.5 Å². The van der Waals surface area contributed by atoms with Crippen LogP contribution in [0.4, 0.5) is 0 Å². The molecule has 0 heterocycles. The summed E-state index contributed by atoms with van der Waals surface area (Å²) < 4.78 is 0. The fourth-order valence-electron chi connectivity index (χ4n) is 2.05. The summed E-state index contributed by atoms with van der Waals surface area (Å²) in [7, 11) is 0. The molecule has 2 N–H and O–H groups in total. The number of aromatic hydroxyl groups is 2. The van der Waals surface area contributed by atoms with Gasteiger partial charge in [-0.2, -0.15) is 0 Å². The van der Waals surface area contributed by atoms with E-state index in [2.05, 4.69) is 0 Å². The van der Waals surface area contributed by atoms with Crippen LogP contribution in [-0.2, 0) is 0 Å². The van der Waals surface area contributed by atoms with Crippen molar-refractivity contribution in [3.05, 3.63) is 47.0 Å². The second kappa shape index (κ2) is 4.13. The Balaban J connectivity index is 2.65. The van der Waals surface area contributed by atoms with Gasteiger partial charge in [-0.15, -0.1) is 0 Å². The number of benzene rings is 2. The Morgan fingerprint density at radius 1 is 0.765 bits per heavy atom. The number of hydrogen-bond acceptors (Lipinski definition) is 2. The van der Waals surface area contributed by atoms with Gasteiger partial charge in [-0.1, -0.05) is 12.1 Å². The molecule has 2 aromatic rings. The molecule has 0 aliphatic carbocycles. The maximum absolute atomic E-state index is 9.64. The van der Waals surface area contributed by atoms with Crippen LogP contribution in [0.1, 0.15) is 16.7 Å². The number of phenolic OH excluding ortho intramolecular Hbond substituents is 2. The van der Waals surface area contributed by atoms with Gasteiger partial charge in [0.05, 0.1) is 0 Å². The largest absolute Gasteiger partial charge is 0.508 e. The van der Waals surface area contributed by atoms with Crippen molar-refractivity contribution in [2.24, 2.45) is 0 Å². The second-order valence-electron chi connectivity index (χ2n) is 4.38. The summed E-state index contributed by atoms with van der Waals surface area (Å²) in [5.74, 6) is 0.599. The summed E-state index contributed by atoms with van der Waals surface area (Å²) in [5.41, 5.74) is 5.17. The van der Waals surface area contributed by atoms with Crippen molar-refractivity contribution in [3.63, 3.8) is 0 Å². The van der Waals surface area contributed by atoms with Gasteiger partial charge < -0.3 is 10.2 Å². The predicted molar refractivity (Wildman–Crippen MR) is 69.4 cm³/mol. The first-order chi connectivity index (χ1) is 8.00. The van der Waals surface area contributed by atoms with Gasteiger partial charge in [0.15, 0.2) is 0 Å². The summed E-state index contributed by atoms with van der Waals surface area (Å²) in [5, 5.41) is 19.1. The smallest absolute Gasteiger partial charge is 0.118 e. The quantitative estimate of drug-likeness (QED) is 0.781. The van der Waals surface area contributed by atoms with Crippen LogP contribution in [0.3, 0.4) is 0 Å². The molecule has 0 amide bonds. The third kappa shape index (κ3) is 1.98. The summed E-state index contributed by atoms with van der Waals surface area (Å²) in [6.07, 6.45) is 0. The highest BCUT2D eigenvalue weighted by molar-refractivity contribution is 5.73. The summed E-state index contributed by atoms with van der Waals surface area (Å²) in [6, 6.07) is 8.96. The maximum Gasteiger partial charge on any atom is 0.118 e. The second-order valence-corrected chi connectivity index (χ2v) is 4.38. The fraction of sp³-hybridized carbons (Fsp3) is 0.200. The Kier molecular flexibility index (Phi) is 2.80. The summed E-state index contributed by atoms with van der Waals surface area (Å²) in [6.45, 7) is 5.87. The van der Waals surface area contributed by atoms with Crippen LogP contribution in [-0.4, -0.2) is 10.2 Å². The molecule has 0 unspecified atom stereocenters. The van der Waals surface area contributed by atoms with E-state index < -0.39 is 0 Å². The van der Waals surface area contributed by atoms with E-state index in [0.29, 0.717) is 5.75 Å². The molecule has 88 valence electrons. The molecule has 17 heavy (non-hydrogen) atoms. The van der Waals surface area contributed by atoms with Crippen LogP contribution in [0.15, 0.2) is 30.3 Å². The summed E-state index contributed by atoms with van der Waals surface area (Å²) in [4.78, 5) is 0. The first-order valence-corrected chi connectivity index (χ1v) is 5.60. The van der Waals surface area contributed by atoms with Crippen molar-refractivity contribution in [2.45, 2.75) is 20.8 Å². The average Bonchev–Trinajstić information content (AvgIpc) is 2.28. The molecule has 0 atom stereocenters. The highest BCUT2D eigenvalue weighted by atomic mass is 16.3. The average molecular weight is 228 g/mol. The van der Waals surface area contributed by atoms with E-state index in [1.165, 1.54) is 0 Å². The first-order valence-electron chi connectivity index (χ1n) is 5.60. The Labute approximate surface area is 101 Å². The normalized spacial score (nSPS) is 10.5. The first kappa shape index (κ1) is 11.5. The van der Waals surface area contributed by atoms with Gasteiger partial charge >= 0.3 is 0 Å². The molecule has 0 saturated carbocycles. The molecule has 2 aromatic carbocycles. The monoisotopic (exact) mass is 228 g/mol. The molecule has 0 radical (unpaired) electrons. The van der Waals surface area contributed by atoms with Crippen molar-refractivity contribution in [2.75, 3.05) is 0 Å². The molecular formula is C15H16O2. The highest BCUT2D eigenvalue weighted by Gasteiger charge is 2.09. The minimum absolute atomic E-state index is 0.277. The Morgan fingerprint density at radius 3 is 2.06 bits per heavy atom. The zero-order valence-electron chi connectivity index (χ0n) is 10.3. The van der Waals surface area contributed by atoms with Crippen molar-refractivity contribution in [1.82, 2.24) is 0 Å². The SMILES string of the molecule is Cc1cc(O)ccc1-c1ccc(O)c(C)c1C. The molecule has 0 saturated heterocycles. The number of rotatable bonds is 1. The van der Waals surface area contributed by atoms with E-state index in [-0.39, 0.29) is 5.75 Å². The zero-order chi connectivity index (χ0) is 12.6. The fourth-order valence-corrected chi connectivity index (χ4v) is 2.05. The molecule has 0 aliphatic rings. The highest BCUT2D eigenvalue weighted by Crippen LogP contribution is 2.33. The van der Waals surface area contributed by atoms with Crippen LogP contribution in [0.5, 0.6) is 11.5 Å². The molecular weight excluding hydrogens is 212 g/mol. The third-order valence-corrected chi connectivity index (χ3v) is 3.26. The lowest BCUT2D eigenvalue weighted by Gasteiger charge is -2.12.